The monoisotopic (exact) mass is 165 g/mol. The molecular formula is C10H15NO. The molecule has 0 bridgehead atoms. The molecule has 2 nitrogen and oxygen atoms in total. The highest BCUT2D eigenvalue weighted by atomic mass is 16.5. The number of rotatable bonds is 2. The summed E-state index contributed by atoms with van der Waals surface area (Å²) < 4.78 is 1.15. The maximum atomic E-state index is 11.4. The van der Waals surface area contributed by atoms with Crippen LogP contribution in [0.25, 0.3) is 0 Å². The van der Waals surface area contributed by atoms with Crippen molar-refractivity contribution >= 4 is 5.71 Å². The lowest BCUT2D eigenvalue weighted by atomic mass is 10.00. The molecule has 0 spiro atoms. The Kier molecular flexibility index (Phi) is 3.16. The Bertz CT molecular complexity index is 224. The minimum absolute atomic E-state index is 0.148. The fraction of sp³-hybridized carbons (Fsp3) is 0.700. The Morgan fingerprint density at radius 2 is 2.50 bits per heavy atom. The first-order valence-electron chi connectivity index (χ1n) is 4.48. The molecule has 66 valence electrons. The van der Waals surface area contributed by atoms with Gasteiger partial charge < -0.3 is 5.21 Å². The van der Waals surface area contributed by atoms with Gasteiger partial charge in [0, 0.05) is 32.6 Å². The van der Waals surface area contributed by atoms with Crippen LogP contribution in [0.5, 0.6) is 0 Å². The highest BCUT2D eigenvalue weighted by molar-refractivity contribution is 5.77. The molecule has 1 unspecified atom stereocenters. The zero-order chi connectivity index (χ0) is 8.97. The molecule has 2 heteroatoms. The van der Waals surface area contributed by atoms with E-state index in [2.05, 4.69) is 5.92 Å². The van der Waals surface area contributed by atoms with Crippen molar-refractivity contribution in [3.8, 4) is 12.3 Å². The molecule has 0 aromatic heterocycles. The number of hydrogen-bond donors (Lipinski definition) is 0. The van der Waals surface area contributed by atoms with Crippen molar-refractivity contribution < 1.29 is 4.74 Å². The summed E-state index contributed by atoms with van der Waals surface area (Å²) in [5.74, 6) is 2.58. The molecule has 1 rings (SSSR count). The predicted molar refractivity (Wildman–Crippen MR) is 50.0 cm³/mol. The first-order valence-corrected chi connectivity index (χ1v) is 4.48. The third-order valence-electron chi connectivity index (χ3n) is 2.41. The lowest BCUT2D eigenvalue weighted by Crippen LogP contribution is -2.30. The smallest absolute Gasteiger partial charge is 0.164 e. The topological polar surface area (TPSA) is 26.1 Å². The van der Waals surface area contributed by atoms with Crippen LogP contribution in [0.1, 0.15) is 39.0 Å². The largest absolute Gasteiger partial charge is 0.624 e. The normalized spacial score (nSPS) is 23.8. The van der Waals surface area contributed by atoms with E-state index in [0.29, 0.717) is 0 Å². The molecule has 0 saturated carbocycles. The van der Waals surface area contributed by atoms with Gasteiger partial charge in [-0.2, -0.15) is 0 Å². The van der Waals surface area contributed by atoms with E-state index in [1.54, 1.807) is 0 Å². The average Bonchev–Trinajstić information content (AvgIpc) is 2.08. The first-order chi connectivity index (χ1) is 5.75. The molecule has 0 N–H and O–H groups in total. The van der Waals surface area contributed by atoms with Gasteiger partial charge in [0.05, 0.1) is 0 Å². The van der Waals surface area contributed by atoms with E-state index in [1.807, 2.05) is 6.92 Å². The zero-order valence-electron chi connectivity index (χ0n) is 7.55. The molecule has 0 fully saturated rings. The van der Waals surface area contributed by atoms with Gasteiger partial charge in [0.25, 0.3) is 0 Å². The quantitative estimate of drug-likeness (QED) is 0.349. The second kappa shape index (κ2) is 4.15. The molecule has 1 heterocycles. The van der Waals surface area contributed by atoms with Gasteiger partial charge in [0.15, 0.2) is 11.8 Å². The molecule has 1 aliphatic heterocycles. The molecule has 0 amide bonds. The van der Waals surface area contributed by atoms with Gasteiger partial charge in [-0.1, -0.05) is 0 Å². The van der Waals surface area contributed by atoms with Gasteiger partial charge in [-0.3, -0.25) is 0 Å². The second-order valence-electron chi connectivity index (χ2n) is 3.35. The standard InChI is InChI=1S/C10H15NO/c1-3-4-7-10-8-5-6-9(2)11(10)12/h1,10H,4-8H2,2H3. The maximum Gasteiger partial charge on any atom is 0.164 e. The fourth-order valence-electron chi connectivity index (χ4n) is 1.64. The summed E-state index contributed by atoms with van der Waals surface area (Å²) in [6.07, 6.45) is 9.81. The Morgan fingerprint density at radius 3 is 3.17 bits per heavy atom. The van der Waals surface area contributed by atoms with Crippen molar-refractivity contribution in [1.29, 1.82) is 0 Å². The van der Waals surface area contributed by atoms with Crippen LogP contribution < -0.4 is 0 Å². The number of nitrogens with zero attached hydrogens (tertiary/aromatic N) is 1. The van der Waals surface area contributed by atoms with Gasteiger partial charge in [-0.25, -0.2) is 4.74 Å². The van der Waals surface area contributed by atoms with Crippen LogP contribution in [0.15, 0.2) is 0 Å². The van der Waals surface area contributed by atoms with Crippen molar-refractivity contribution in [1.82, 2.24) is 0 Å². The molecule has 1 aliphatic rings. The molecular weight excluding hydrogens is 150 g/mol. The van der Waals surface area contributed by atoms with E-state index < -0.39 is 0 Å². The molecule has 12 heavy (non-hydrogen) atoms. The summed E-state index contributed by atoms with van der Waals surface area (Å²) >= 11 is 0. The van der Waals surface area contributed by atoms with Gasteiger partial charge in [0.2, 0.25) is 0 Å². The van der Waals surface area contributed by atoms with Crippen LogP contribution in [-0.2, 0) is 0 Å². The van der Waals surface area contributed by atoms with Crippen molar-refractivity contribution in [2.75, 3.05) is 0 Å². The summed E-state index contributed by atoms with van der Waals surface area (Å²) in [4.78, 5) is 0. The zero-order valence-corrected chi connectivity index (χ0v) is 7.55. The van der Waals surface area contributed by atoms with Crippen LogP contribution in [0.3, 0.4) is 0 Å². The number of hydrogen-bond acceptors (Lipinski definition) is 1. The van der Waals surface area contributed by atoms with Crippen molar-refractivity contribution in [2.24, 2.45) is 0 Å². The van der Waals surface area contributed by atoms with Gasteiger partial charge in [0.1, 0.15) is 0 Å². The molecule has 0 aromatic rings. The molecule has 1 atom stereocenters. The molecule has 0 aromatic carbocycles. The Labute approximate surface area is 73.9 Å². The maximum absolute atomic E-state index is 11.4. The fourth-order valence-corrected chi connectivity index (χ4v) is 1.64. The van der Waals surface area contributed by atoms with E-state index in [9.17, 15) is 5.21 Å². The van der Waals surface area contributed by atoms with E-state index in [-0.39, 0.29) is 6.04 Å². The van der Waals surface area contributed by atoms with Crippen LogP contribution in [0.4, 0.5) is 0 Å². The number of terminal acetylenes is 1. The number of hydroxylamine groups is 1. The van der Waals surface area contributed by atoms with Crippen LogP contribution in [0, 0.1) is 17.6 Å². The Hall–Kier alpha value is -0.970. The summed E-state index contributed by atoms with van der Waals surface area (Å²) in [5, 5.41) is 11.4. The summed E-state index contributed by atoms with van der Waals surface area (Å²) in [6, 6.07) is 0.148. The second-order valence-corrected chi connectivity index (χ2v) is 3.35. The third kappa shape index (κ3) is 2.01. The van der Waals surface area contributed by atoms with Crippen LogP contribution >= 0.6 is 0 Å². The van der Waals surface area contributed by atoms with Crippen LogP contribution in [-0.4, -0.2) is 16.5 Å². The minimum Gasteiger partial charge on any atom is -0.624 e. The lowest BCUT2D eigenvalue weighted by molar-refractivity contribution is -0.509. The highest BCUT2D eigenvalue weighted by Crippen LogP contribution is 2.16. The molecule has 0 aliphatic carbocycles. The Morgan fingerprint density at radius 1 is 1.75 bits per heavy atom. The predicted octanol–water partition coefficient (Wildman–Crippen LogP) is 1.92. The molecule has 0 radical (unpaired) electrons. The summed E-state index contributed by atoms with van der Waals surface area (Å²) in [7, 11) is 0. The van der Waals surface area contributed by atoms with Crippen molar-refractivity contribution in [2.45, 2.75) is 45.1 Å². The van der Waals surface area contributed by atoms with Crippen molar-refractivity contribution in [3.63, 3.8) is 0 Å². The highest BCUT2D eigenvalue weighted by Gasteiger charge is 2.22. The minimum atomic E-state index is 0.148. The SMILES string of the molecule is C#CCCC1CCCC(C)=[N+]1[O-]. The van der Waals surface area contributed by atoms with E-state index in [0.717, 1.165) is 42.6 Å². The third-order valence-corrected chi connectivity index (χ3v) is 2.41. The van der Waals surface area contributed by atoms with Gasteiger partial charge >= 0.3 is 0 Å². The summed E-state index contributed by atoms with van der Waals surface area (Å²) in [6.45, 7) is 1.91. The first kappa shape index (κ1) is 9.12. The van der Waals surface area contributed by atoms with E-state index >= 15 is 0 Å². The van der Waals surface area contributed by atoms with E-state index in [1.165, 1.54) is 0 Å². The van der Waals surface area contributed by atoms with Crippen LogP contribution in [0.2, 0.25) is 0 Å². The van der Waals surface area contributed by atoms with Crippen molar-refractivity contribution in [3.05, 3.63) is 5.21 Å². The summed E-state index contributed by atoms with van der Waals surface area (Å²) in [5.41, 5.74) is 0.961. The Balaban J connectivity index is 2.54. The average molecular weight is 165 g/mol. The molecule has 0 saturated heterocycles. The van der Waals surface area contributed by atoms with Gasteiger partial charge in [-0.15, -0.1) is 12.3 Å². The van der Waals surface area contributed by atoms with E-state index in [4.69, 9.17) is 6.42 Å². The van der Waals surface area contributed by atoms with Gasteiger partial charge in [-0.05, 0) is 6.42 Å². The lowest BCUT2D eigenvalue weighted by Gasteiger charge is -2.22.